The average molecular weight is 381 g/mol. The van der Waals surface area contributed by atoms with Crippen LogP contribution in [0.3, 0.4) is 0 Å². The summed E-state index contributed by atoms with van der Waals surface area (Å²) in [6.07, 6.45) is 1.37. The van der Waals surface area contributed by atoms with Gasteiger partial charge in [-0.25, -0.2) is 17.8 Å². The molecule has 1 aromatic carbocycles. The second-order valence-corrected chi connectivity index (χ2v) is 6.74. The molecule has 0 aliphatic carbocycles. The molecule has 1 heterocycles. The summed E-state index contributed by atoms with van der Waals surface area (Å²) in [7, 11) is -3.98. The van der Waals surface area contributed by atoms with Crippen LogP contribution in [0.2, 0.25) is 5.02 Å². The Labute approximate surface area is 128 Å². The number of rotatable bonds is 3. The fraction of sp³-hybridized carbons (Fsp3) is 0. The molecule has 0 atom stereocenters. The number of benzene rings is 1. The van der Waals surface area contributed by atoms with E-state index in [0.717, 1.165) is 12.1 Å². The molecule has 0 fully saturated rings. The zero-order valence-corrected chi connectivity index (χ0v) is 12.9. The summed E-state index contributed by atoms with van der Waals surface area (Å²) < 4.78 is 40.0. The summed E-state index contributed by atoms with van der Waals surface area (Å²) >= 11 is 8.88. The highest BCUT2D eigenvalue weighted by Crippen LogP contribution is 2.27. The Morgan fingerprint density at radius 1 is 1.35 bits per heavy atom. The minimum atomic E-state index is -3.98. The third-order valence-corrected chi connectivity index (χ3v) is 4.45. The smallest absolute Gasteiger partial charge is 0.265 e. The number of nitrogens with one attached hydrogen (secondary N) is 1. The van der Waals surface area contributed by atoms with Gasteiger partial charge in [-0.1, -0.05) is 11.6 Å². The highest BCUT2D eigenvalue weighted by molar-refractivity contribution is 9.10. The van der Waals surface area contributed by atoms with Gasteiger partial charge in [0.2, 0.25) is 0 Å². The number of aromatic nitrogens is 1. The Hall–Kier alpha value is -1.38. The molecule has 0 unspecified atom stereocenters. The zero-order valence-electron chi connectivity index (χ0n) is 9.77. The quantitative estimate of drug-likeness (QED) is 0.857. The molecule has 20 heavy (non-hydrogen) atoms. The summed E-state index contributed by atoms with van der Waals surface area (Å²) in [4.78, 5) is 3.54. The van der Waals surface area contributed by atoms with Gasteiger partial charge in [0, 0.05) is 10.7 Å². The second-order valence-electron chi connectivity index (χ2n) is 3.77. The fourth-order valence-electron chi connectivity index (χ4n) is 1.42. The molecule has 9 heteroatoms. The number of anilines is 2. The maximum absolute atomic E-state index is 12.9. The number of pyridine rings is 1. The van der Waals surface area contributed by atoms with Crippen LogP contribution in [-0.4, -0.2) is 13.4 Å². The van der Waals surface area contributed by atoms with E-state index >= 15 is 0 Å². The Morgan fingerprint density at radius 3 is 2.70 bits per heavy atom. The van der Waals surface area contributed by atoms with Gasteiger partial charge in [-0.15, -0.1) is 0 Å². The molecule has 0 spiro atoms. The van der Waals surface area contributed by atoms with E-state index in [1.165, 1.54) is 18.3 Å². The lowest BCUT2D eigenvalue weighted by Gasteiger charge is -2.11. The van der Waals surface area contributed by atoms with Crippen LogP contribution in [-0.2, 0) is 10.0 Å². The average Bonchev–Trinajstić information content (AvgIpc) is 2.35. The SMILES string of the molecule is Nc1ncc(Br)cc1S(=O)(=O)Nc1ccc(F)cc1Cl. The number of hydrogen-bond acceptors (Lipinski definition) is 4. The predicted octanol–water partition coefficient (Wildman–Crippen LogP) is 3.02. The number of hydrogen-bond donors (Lipinski definition) is 2. The van der Waals surface area contributed by atoms with Crippen molar-refractivity contribution in [3.8, 4) is 0 Å². The van der Waals surface area contributed by atoms with Crippen molar-refractivity contribution in [2.24, 2.45) is 0 Å². The first-order chi connectivity index (χ1) is 9.29. The van der Waals surface area contributed by atoms with Gasteiger partial charge >= 0.3 is 0 Å². The van der Waals surface area contributed by atoms with Crippen LogP contribution < -0.4 is 10.5 Å². The molecule has 0 saturated carbocycles. The Morgan fingerprint density at radius 2 is 2.05 bits per heavy atom. The second kappa shape index (κ2) is 5.55. The lowest BCUT2D eigenvalue weighted by molar-refractivity contribution is 0.601. The Balaban J connectivity index is 2.43. The fourth-order valence-corrected chi connectivity index (χ4v) is 3.36. The summed E-state index contributed by atoms with van der Waals surface area (Å²) in [5, 5.41) is -0.0601. The highest BCUT2D eigenvalue weighted by Gasteiger charge is 2.20. The molecule has 3 N–H and O–H groups in total. The molecular formula is C11H8BrClFN3O2S. The van der Waals surface area contributed by atoms with Crippen LogP contribution in [0, 0.1) is 5.82 Å². The van der Waals surface area contributed by atoms with E-state index in [2.05, 4.69) is 25.6 Å². The minimum absolute atomic E-state index is 0.0486. The van der Waals surface area contributed by atoms with Gasteiger partial charge in [0.05, 0.1) is 10.7 Å². The van der Waals surface area contributed by atoms with Crippen molar-refractivity contribution in [2.45, 2.75) is 4.90 Å². The van der Waals surface area contributed by atoms with Crippen molar-refractivity contribution in [3.63, 3.8) is 0 Å². The largest absolute Gasteiger partial charge is 0.383 e. The maximum atomic E-state index is 12.9. The van der Waals surface area contributed by atoms with Crippen LogP contribution in [0.1, 0.15) is 0 Å². The maximum Gasteiger partial charge on any atom is 0.265 e. The van der Waals surface area contributed by atoms with Crippen molar-refractivity contribution < 1.29 is 12.8 Å². The van der Waals surface area contributed by atoms with Crippen molar-refractivity contribution in [1.82, 2.24) is 4.98 Å². The molecular weight excluding hydrogens is 373 g/mol. The van der Waals surface area contributed by atoms with E-state index in [1.807, 2.05) is 0 Å². The van der Waals surface area contributed by atoms with Gasteiger partial charge in [-0.3, -0.25) is 4.72 Å². The highest BCUT2D eigenvalue weighted by atomic mass is 79.9. The van der Waals surface area contributed by atoms with Gasteiger partial charge in [-0.05, 0) is 40.2 Å². The monoisotopic (exact) mass is 379 g/mol. The topological polar surface area (TPSA) is 85.1 Å². The number of nitrogen functional groups attached to an aromatic ring is 1. The minimum Gasteiger partial charge on any atom is -0.383 e. The van der Waals surface area contributed by atoms with E-state index in [9.17, 15) is 12.8 Å². The van der Waals surface area contributed by atoms with Crippen LogP contribution in [0.4, 0.5) is 15.9 Å². The lowest BCUT2D eigenvalue weighted by Crippen LogP contribution is -2.15. The van der Waals surface area contributed by atoms with E-state index < -0.39 is 15.8 Å². The van der Waals surface area contributed by atoms with Crippen molar-refractivity contribution >= 4 is 49.1 Å². The summed E-state index contributed by atoms with van der Waals surface area (Å²) in [5.74, 6) is -0.722. The standard InChI is InChI=1S/C11H8BrClFN3O2S/c12-6-3-10(11(15)16-5-6)20(18,19)17-9-2-1-7(14)4-8(9)13/h1-5,17H,(H2,15,16). The van der Waals surface area contributed by atoms with Crippen LogP contribution >= 0.6 is 27.5 Å². The van der Waals surface area contributed by atoms with Gasteiger partial charge in [0.25, 0.3) is 10.0 Å². The van der Waals surface area contributed by atoms with E-state index in [0.29, 0.717) is 4.47 Å². The number of nitrogens with zero attached hydrogens (tertiary/aromatic N) is 1. The molecule has 0 aliphatic heterocycles. The van der Waals surface area contributed by atoms with Gasteiger partial charge in [0.15, 0.2) is 0 Å². The first kappa shape index (κ1) is 15.0. The predicted molar refractivity (Wildman–Crippen MR) is 78.6 cm³/mol. The Kier molecular flexibility index (Phi) is 4.17. The molecule has 2 aromatic rings. The van der Waals surface area contributed by atoms with Gasteiger partial charge < -0.3 is 5.73 Å². The van der Waals surface area contributed by atoms with Crippen LogP contribution in [0.15, 0.2) is 39.8 Å². The first-order valence-corrected chi connectivity index (χ1v) is 7.84. The van der Waals surface area contributed by atoms with E-state index in [-0.39, 0.29) is 21.4 Å². The Bertz CT molecular complexity index is 770. The first-order valence-electron chi connectivity index (χ1n) is 5.18. The third kappa shape index (κ3) is 3.20. The number of halogens is 3. The molecule has 0 saturated heterocycles. The van der Waals surface area contributed by atoms with Crippen molar-refractivity contribution in [2.75, 3.05) is 10.5 Å². The van der Waals surface area contributed by atoms with Crippen molar-refractivity contribution in [1.29, 1.82) is 0 Å². The molecule has 106 valence electrons. The van der Waals surface area contributed by atoms with Crippen molar-refractivity contribution in [3.05, 3.63) is 45.8 Å². The zero-order chi connectivity index (χ0) is 14.9. The molecule has 5 nitrogen and oxygen atoms in total. The normalized spacial score (nSPS) is 11.3. The lowest BCUT2D eigenvalue weighted by atomic mass is 10.3. The molecule has 0 bridgehead atoms. The third-order valence-electron chi connectivity index (χ3n) is 2.31. The molecule has 0 amide bonds. The summed E-state index contributed by atoms with van der Waals surface area (Å²) in [6, 6.07) is 4.62. The summed E-state index contributed by atoms with van der Waals surface area (Å²) in [5.41, 5.74) is 5.60. The van der Waals surface area contributed by atoms with Crippen LogP contribution in [0.5, 0.6) is 0 Å². The summed E-state index contributed by atoms with van der Waals surface area (Å²) in [6.45, 7) is 0. The van der Waals surface area contributed by atoms with Gasteiger partial charge in [-0.2, -0.15) is 0 Å². The number of sulfonamides is 1. The van der Waals surface area contributed by atoms with E-state index in [4.69, 9.17) is 17.3 Å². The number of nitrogens with two attached hydrogens (primary N) is 1. The molecule has 0 radical (unpaired) electrons. The van der Waals surface area contributed by atoms with Gasteiger partial charge in [0.1, 0.15) is 16.5 Å². The van der Waals surface area contributed by atoms with E-state index in [1.54, 1.807) is 0 Å². The van der Waals surface area contributed by atoms with Crippen LogP contribution in [0.25, 0.3) is 0 Å². The molecule has 2 rings (SSSR count). The molecule has 1 aromatic heterocycles. The molecule has 0 aliphatic rings.